The van der Waals surface area contributed by atoms with E-state index in [1.54, 1.807) is 35.1 Å². The Labute approximate surface area is 150 Å². The number of benzene rings is 1. The third-order valence-corrected chi connectivity index (χ3v) is 5.51. The SMILES string of the molecule is Cc1ccc2c3c1C(=O)C(=O)N3C(C)(C)C=C2CSc1ncccn1. The van der Waals surface area contributed by atoms with Crippen LogP contribution >= 0.6 is 11.8 Å². The number of carbonyl (C=O) groups excluding carboxylic acids is 2. The highest BCUT2D eigenvalue weighted by Gasteiger charge is 2.47. The first kappa shape index (κ1) is 16.0. The lowest BCUT2D eigenvalue weighted by atomic mass is 9.88. The average molecular weight is 351 g/mol. The molecule has 6 heteroatoms. The van der Waals surface area contributed by atoms with Gasteiger partial charge in [-0.25, -0.2) is 9.97 Å². The number of anilines is 1. The maximum Gasteiger partial charge on any atom is 0.300 e. The second kappa shape index (κ2) is 5.52. The van der Waals surface area contributed by atoms with Crippen LogP contribution in [0.3, 0.4) is 0 Å². The van der Waals surface area contributed by atoms with Crippen LogP contribution in [0, 0.1) is 6.92 Å². The van der Waals surface area contributed by atoms with E-state index in [9.17, 15) is 9.59 Å². The highest BCUT2D eigenvalue weighted by Crippen LogP contribution is 2.47. The molecule has 1 aromatic heterocycles. The van der Waals surface area contributed by atoms with E-state index >= 15 is 0 Å². The van der Waals surface area contributed by atoms with Crippen LogP contribution in [0.15, 0.2) is 41.8 Å². The van der Waals surface area contributed by atoms with Gasteiger partial charge in [0.15, 0.2) is 5.16 Å². The van der Waals surface area contributed by atoms with E-state index in [1.165, 1.54) is 0 Å². The summed E-state index contributed by atoms with van der Waals surface area (Å²) in [6, 6.07) is 5.70. The first-order valence-electron chi connectivity index (χ1n) is 8.04. The smallest absolute Gasteiger partial charge is 0.295 e. The van der Waals surface area contributed by atoms with Gasteiger partial charge in [-0.1, -0.05) is 30.0 Å². The number of carbonyl (C=O) groups is 2. The van der Waals surface area contributed by atoms with E-state index in [4.69, 9.17) is 0 Å². The Hall–Kier alpha value is -2.47. The fraction of sp³-hybridized carbons (Fsp3) is 0.263. The van der Waals surface area contributed by atoms with Gasteiger partial charge in [-0.05, 0) is 38.0 Å². The van der Waals surface area contributed by atoms with Crippen molar-refractivity contribution in [3.05, 3.63) is 53.4 Å². The van der Waals surface area contributed by atoms with Crippen molar-refractivity contribution in [2.75, 3.05) is 10.7 Å². The molecule has 2 aliphatic rings. The molecule has 0 saturated carbocycles. The number of aryl methyl sites for hydroxylation is 1. The number of Topliss-reactive ketones (excluding diaryl/α,β-unsaturated/α-hetero) is 1. The zero-order valence-electron chi connectivity index (χ0n) is 14.2. The molecule has 0 radical (unpaired) electrons. The maximum atomic E-state index is 12.6. The molecule has 5 nitrogen and oxygen atoms in total. The van der Waals surface area contributed by atoms with Crippen molar-refractivity contribution in [2.45, 2.75) is 31.5 Å². The number of hydrogen-bond donors (Lipinski definition) is 0. The molecule has 2 aromatic rings. The molecule has 25 heavy (non-hydrogen) atoms. The Balaban J connectivity index is 1.80. The maximum absolute atomic E-state index is 12.6. The molecule has 0 atom stereocenters. The number of thioether (sulfide) groups is 1. The third-order valence-electron chi connectivity index (χ3n) is 4.58. The zero-order valence-corrected chi connectivity index (χ0v) is 15.1. The van der Waals surface area contributed by atoms with E-state index in [-0.39, 0.29) is 0 Å². The molecule has 0 unspecified atom stereocenters. The van der Waals surface area contributed by atoms with Crippen LogP contribution in [0.5, 0.6) is 0 Å². The van der Waals surface area contributed by atoms with E-state index < -0.39 is 17.2 Å². The van der Waals surface area contributed by atoms with Crippen LogP contribution in [-0.2, 0) is 4.79 Å². The van der Waals surface area contributed by atoms with Crippen molar-refractivity contribution in [2.24, 2.45) is 0 Å². The lowest BCUT2D eigenvalue weighted by Crippen LogP contribution is -2.47. The van der Waals surface area contributed by atoms with E-state index in [2.05, 4.69) is 16.0 Å². The number of amides is 1. The van der Waals surface area contributed by atoms with Crippen LogP contribution in [0.25, 0.3) is 5.57 Å². The average Bonchev–Trinajstić information content (AvgIpc) is 2.86. The van der Waals surface area contributed by atoms with Gasteiger partial charge in [-0.2, -0.15) is 0 Å². The molecular formula is C19H17N3O2S. The van der Waals surface area contributed by atoms with Crippen molar-refractivity contribution >= 4 is 34.7 Å². The Morgan fingerprint density at radius 1 is 1.16 bits per heavy atom. The minimum Gasteiger partial charge on any atom is -0.295 e. The predicted octanol–water partition coefficient (Wildman–Crippen LogP) is 3.28. The summed E-state index contributed by atoms with van der Waals surface area (Å²) in [5.41, 5.74) is 3.64. The molecule has 1 aromatic carbocycles. The Morgan fingerprint density at radius 3 is 2.60 bits per heavy atom. The minimum absolute atomic E-state index is 0.406. The van der Waals surface area contributed by atoms with Gasteiger partial charge in [-0.15, -0.1) is 0 Å². The highest BCUT2D eigenvalue weighted by molar-refractivity contribution is 7.99. The molecule has 0 N–H and O–H groups in total. The van der Waals surface area contributed by atoms with Crippen molar-refractivity contribution in [3.63, 3.8) is 0 Å². The van der Waals surface area contributed by atoms with Crippen LogP contribution in [-0.4, -0.2) is 33.0 Å². The van der Waals surface area contributed by atoms with Gasteiger partial charge in [0.2, 0.25) is 0 Å². The summed E-state index contributed by atoms with van der Waals surface area (Å²) < 4.78 is 0. The first-order chi connectivity index (χ1) is 11.9. The second-order valence-electron chi connectivity index (χ2n) is 6.77. The van der Waals surface area contributed by atoms with Crippen LogP contribution < -0.4 is 4.90 Å². The molecular weight excluding hydrogens is 334 g/mol. The predicted molar refractivity (Wildman–Crippen MR) is 97.8 cm³/mol. The molecule has 0 saturated heterocycles. The highest BCUT2D eigenvalue weighted by atomic mass is 32.2. The number of rotatable bonds is 3. The van der Waals surface area contributed by atoms with Crippen molar-refractivity contribution in [3.8, 4) is 0 Å². The van der Waals surface area contributed by atoms with E-state index in [0.717, 1.165) is 22.4 Å². The number of hydrogen-bond acceptors (Lipinski definition) is 5. The molecule has 126 valence electrons. The van der Waals surface area contributed by atoms with Crippen LogP contribution in [0.2, 0.25) is 0 Å². The Bertz CT molecular complexity index is 935. The molecule has 2 aliphatic heterocycles. The van der Waals surface area contributed by atoms with Crippen LogP contribution in [0.1, 0.15) is 35.3 Å². The molecule has 0 bridgehead atoms. The summed E-state index contributed by atoms with van der Waals surface area (Å²) in [6.07, 6.45) is 5.51. The summed E-state index contributed by atoms with van der Waals surface area (Å²) >= 11 is 1.55. The first-order valence-corrected chi connectivity index (χ1v) is 9.03. The van der Waals surface area contributed by atoms with Gasteiger partial charge < -0.3 is 0 Å². The Morgan fingerprint density at radius 2 is 1.88 bits per heavy atom. The second-order valence-corrected chi connectivity index (χ2v) is 7.71. The van der Waals surface area contributed by atoms with E-state index in [1.807, 2.05) is 32.9 Å². The summed E-state index contributed by atoms with van der Waals surface area (Å²) in [4.78, 5) is 35.2. The Kier molecular flexibility index (Phi) is 3.54. The van der Waals surface area contributed by atoms with Gasteiger partial charge in [0, 0.05) is 23.7 Å². The molecule has 4 rings (SSSR count). The third kappa shape index (κ3) is 2.40. The summed E-state index contributed by atoms with van der Waals surface area (Å²) in [5.74, 6) is -0.167. The largest absolute Gasteiger partial charge is 0.300 e. The fourth-order valence-corrected chi connectivity index (χ4v) is 4.31. The van der Waals surface area contributed by atoms with Gasteiger partial charge in [-0.3, -0.25) is 14.5 Å². The van der Waals surface area contributed by atoms with Gasteiger partial charge in [0.25, 0.3) is 11.7 Å². The standard InChI is InChI=1S/C19H17N3O2S/c1-11-5-6-13-12(10-25-18-20-7-4-8-21-18)9-19(2,3)22-15(13)14(11)16(23)17(22)24/h4-9H,10H2,1-3H3. The summed E-state index contributed by atoms with van der Waals surface area (Å²) in [7, 11) is 0. The van der Waals surface area contributed by atoms with Crippen molar-refractivity contribution < 1.29 is 9.59 Å². The number of nitrogens with zero attached hydrogens (tertiary/aromatic N) is 3. The number of ketones is 1. The van der Waals surface area contributed by atoms with E-state index in [0.29, 0.717) is 16.5 Å². The monoisotopic (exact) mass is 351 g/mol. The molecule has 0 fully saturated rings. The minimum atomic E-state index is -0.549. The van der Waals surface area contributed by atoms with Crippen molar-refractivity contribution in [1.82, 2.24) is 9.97 Å². The zero-order chi connectivity index (χ0) is 17.8. The fourth-order valence-electron chi connectivity index (χ4n) is 3.52. The molecule has 0 aliphatic carbocycles. The van der Waals surface area contributed by atoms with Crippen LogP contribution in [0.4, 0.5) is 5.69 Å². The molecule has 0 spiro atoms. The lowest BCUT2D eigenvalue weighted by molar-refractivity contribution is -0.115. The summed E-state index contributed by atoms with van der Waals surface area (Å²) in [5, 5.41) is 0.708. The van der Waals surface area contributed by atoms with Gasteiger partial charge in [0.1, 0.15) is 0 Å². The van der Waals surface area contributed by atoms with Crippen molar-refractivity contribution in [1.29, 1.82) is 0 Å². The molecule has 3 heterocycles. The van der Waals surface area contributed by atoms with Gasteiger partial charge >= 0.3 is 0 Å². The normalized spacial score (nSPS) is 17.6. The summed E-state index contributed by atoms with van der Waals surface area (Å²) in [6.45, 7) is 5.80. The molecule has 1 amide bonds. The number of aromatic nitrogens is 2. The quantitative estimate of drug-likeness (QED) is 0.482. The van der Waals surface area contributed by atoms with Gasteiger partial charge in [0.05, 0.1) is 16.8 Å². The lowest BCUT2D eigenvalue weighted by Gasteiger charge is -2.39. The topological polar surface area (TPSA) is 63.2 Å².